The van der Waals surface area contributed by atoms with E-state index >= 15 is 0 Å². The van der Waals surface area contributed by atoms with Crippen molar-refractivity contribution in [3.63, 3.8) is 0 Å². The molecule has 1 saturated carbocycles. The van der Waals surface area contributed by atoms with Crippen molar-refractivity contribution < 1.29 is 1.37 Å². The molecular weight excluding hydrogens is 871 g/mol. The summed E-state index contributed by atoms with van der Waals surface area (Å²) in [4.78, 5) is 10.8. The maximum atomic E-state index is 10.5. The van der Waals surface area contributed by atoms with Crippen molar-refractivity contribution in [2.45, 2.75) is 31.6 Å². The van der Waals surface area contributed by atoms with Gasteiger partial charge in [-0.1, -0.05) is 213 Å². The molecule has 338 valence electrons. The van der Waals surface area contributed by atoms with Gasteiger partial charge in [0, 0.05) is 29.5 Å². The molecule has 0 bridgehead atoms. The predicted octanol–water partition coefficient (Wildman–Crippen LogP) is 18.5. The lowest BCUT2D eigenvalue weighted by Gasteiger charge is -2.26. The Bertz CT molecular complexity index is 4190. The van der Waals surface area contributed by atoms with E-state index in [0.29, 0.717) is 5.95 Å². The van der Waals surface area contributed by atoms with Gasteiger partial charge in [0.2, 0.25) is 5.95 Å². The van der Waals surface area contributed by atoms with Gasteiger partial charge in [-0.15, -0.1) is 0 Å². The number of para-hydroxylation sites is 2. The molecule has 12 aromatic rings. The lowest BCUT2D eigenvalue weighted by molar-refractivity contribution is 0.727. The van der Waals surface area contributed by atoms with Crippen molar-refractivity contribution in [3.8, 4) is 117 Å². The molecule has 15 rings (SSSR count). The molecule has 72 heavy (non-hydrogen) atoms. The lowest BCUT2D eigenvalue weighted by atomic mass is 9.78. The van der Waals surface area contributed by atoms with Gasteiger partial charge in [0.1, 0.15) is 0 Å². The normalized spacial score (nSPS) is 13.9. The minimum absolute atomic E-state index is 0.641. The maximum absolute atomic E-state index is 10.5. The molecule has 0 radical (unpaired) electrons. The molecule has 0 saturated heterocycles. The van der Waals surface area contributed by atoms with Crippen molar-refractivity contribution in [1.82, 2.24) is 14.5 Å². The highest BCUT2D eigenvalue weighted by molar-refractivity contribution is 6.10. The Morgan fingerprint density at radius 2 is 0.708 bits per heavy atom. The molecule has 0 aliphatic heterocycles. The Hall–Kier alpha value is -8.92. The average Bonchev–Trinajstić information content (AvgIpc) is 4.06. The Labute approximate surface area is 420 Å². The zero-order valence-electron chi connectivity index (χ0n) is 40.6. The third kappa shape index (κ3) is 6.23. The standard InChI is InChI=1S/C69H47N3/c1-2-19-43(18-1)67-46(44-36-38-57-52-24-6-5-22-50(52)48-20-3-4-21-49(48)51-23-7-9-27-55(51)62(57)40-44)32-17-33-47(67)45-37-39-58-63(41-45)56-28-10-8-25-53(56)54-26-11-12-31-61(54)68-64(58)42-70-69(71-68)72-65-34-15-13-29-59(65)60-30-14-16-35-66(60)72/h3-17,20-43H,1-2,18-19H2/i43D. The van der Waals surface area contributed by atoms with E-state index in [1.165, 1.54) is 55.3 Å². The van der Waals surface area contributed by atoms with E-state index in [1.54, 1.807) is 0 Å². The van der Waals surface area contributed by atoms with Gasteiger partial charge in [-0.3, -0.25) is 4.57 Å². The summed E-state index contributed by atoms with van der Waals surface area (Å²) < 4.78 is 12.7. The van der Waals surface area contributed by atoms with Gasteiger partial charge in [-0.25, -0.2) is 9.97 Å². The van der Waals surface area contributed by atoms with E-state index in [-0.39, 0.29) is 0 Å². The van der Waals surface area contributed by atoms with Crippen LogP contribution < -0.4 is 0 Å². The minimum Gasteiger partial charge on any atom is -0.278 e. The van der Waals surface area contributed by atoms with Gasteiger partial charge in [-0.05, 0) is 143 Å². The molecule has 0 spiro atoms. The molecule has 3 heteroatoms. The van der Waals surface area contributed by atoms with Crippen LogP contribution in [0.4, 0.5) is 0 Å². The van der Waals surface area contributed by atoms with Gasteiger partial charge in [0.25, 0.3) is 0 Å². The third-order valence-electron chi connectivity index (χ3n) is 15.8. The highest BCUT2D eigenvalue weighted by Gasteiger charge is 2.29. The number of fused-ring (bicyclic) bond motifs is 19. The van der Waals surface area contributed by atoms with Gasteiger partial charge < -0.3 is 0 Å². The zero-order chi connectivity index (χ0) is 48.2. The Morgan fingerprint density at radius 3 is 1.18 bits per heavy atom. The number of hydrogen-bond donors (Lipinski definition) is 0. The van der Waals surface area contributed by atoms with E-state index in [0.717, 1.165) is 109 Å². The van der Waals surface area contributed by atoms with Gasteiger partial charge in [0.15, 0.2) is 0 Å². The molecule has 0 unspecified atom stereocenters. The summed E-state index contributed by atoms with van der Waals surface area (Å²) >= 11 is 0. The van der Waals surface area contributed by atoms with Crippen molar-refractivity contribution in [2.75, 3.05) is 0 Å². The second-order valence-electron chi connectivity index (χ2n) is 19.6. The fourth-order valence-corrected chi connectivity index (χ4v) is 12.6. The first-order valence-electron chi connectivity index (χ1n) is 25.9. The summed E-state index contributed by atoms with van der Waals surface area (Å²) in [6.07, 6.45) is 5.75. The smallest absolute Gasteiger partial charge is 0.235 e. The SMILES string of the molecule is [2H]C1(c2c(-c3ccc4c(c3)-c3ccccc3-c3ccccc3-c3ccccc3-4)cccc2-c2ccc3c(c2)-c2ccccc2-c2ccccc2-c2nc(-n4c5ccccc5c5ccccc54)ncc2-3)CCCC1. The number of aromatic nitrogens is 3. The number of nitrogens with zero attached hydrogens (tertiary/aromatic N) is 3. The molecule has 2 aromatic heterocycles. The molecule has 1 fully saturated rings. The van der Waals surface area contributed by atoms with Crippen molar-refractivity contribution in [2.24, 2.45) is 0 Å². The first-order valence-corrected chi connectivity index (χ1v) is 25.4. The summed E-state index contributed by atoms with van der Waals surface area (Å²) in [7, 11) is 0. The quantitative estimate of drug-likeness (QED) is 0.176. The van der Waals surface area contributed by atoms with Crippen LogP contribution in [-0.2, 0) is 0 Å². The summed E-state index contributed by atoms with van der Waals surface area (Å²) in [5.41, 5.74) is 26.2. The van der Waals surface area contributed by atoms with Crippen LogP contribution in [0.25, 0.3) is 139 Å². The van der Waals surface area contributed by atoms with Gasteiger partial charge in [-0.2, -0.15) is 0 Å². The van der Waals surface area contributed by atoms with Crippen LogP contribution in [0.5, 0.6) is 0 Å². The fraction of sp³-hybridized carbons (Fsp3) is 0.0725. The fourth-order valence-electron chi connectivity index (χ4n) is 12.6. The molecule has 2 heterocycles. The van der Waals surface area contributed by atoms with Crippen molar-refractivity contribution >= 4 is 21.8 Å². The van der Waals surface area contributed by atoms with Crippen molar-refractivity contribution in [1.29, 1.82) is 0 Å². The molecule has 0 N–H and O–H groups in total. The van der Waals surface area contributed by atoms with Crippen LogP contribution in [0.2, 0.25) is 0 Å². The third-order valence-corrected chi connectivity index (χ3v) is 15.8. The van der Waals surface area contributed by atoms with Crippen LogP contribution >= 0.6 is 0 Å². The van der Waals surface area contributed by atoms with E-state index in [4.69, 9.17) is 9.97 Å². The highest BCUT2D eigenvalue weighted by Crippen LogP contribution is 2.52. The van der Waals surface area contributed by atoms with Crippen LogP contribution in [0.3, 0.4) is 0 Å². The van der Waals surface area contributed by atoms with E-state index in [1.807, 2.05) is 6.20 Å². The summed E-state index contributed by atoms with van der Waals surface area (Å²) in [6, 6.07) is 81.9. The number of rotatable bonds is 4. The average molecular weight is 919 g/mol. The molecular formula is C69H47N3. The first-order chi connectivity index (χ1) is 36.1. The Balaban J connectivity index is 0.943. The second kappa shape index (κ2) is 16.3. The monoisotopic (exact) mass is 918 g/mol. The van der Waals surface area contributed by atoms with E-state index in [9.17, 15) is 1.37 Å². The van der Waals surface area contributed by atoms with Crippen LogP contribution in [0, 0.1) is 0 Å². The molecule has 0 amide bonds. The number of benzene rings is 10. The molecule has 10 aromatic carbocycles. The molecule has 0 atom stereocenters. The first kappa shape index (κ1) is 39.9. The predicted molar refractivity (Wildman–Crippen MR) is 299 cm³/mol. The van der Waals surface area contributed by atoms with Crippen LogP contribution in [-0.4, -0.2) is 14.5 Å². The summed E-state index contributed by atoms with van der Waals surface area (Å²) in [5, 5.41) is 2.35. The van der Waals surface area contributed by atoms with Gasteiger partial charge >= 0.3 is 0 Å². The van der Waals surface area contributed by atoms with Crippen LogP contribution in [0.1, 0.15) is 38.5 Å². The topological polar surface area (TPSA) is 30.7 Å². The number of hydrogen-bond acceptors (Lipinski definition) is 2. The zero-order valence-corrected chi connectivity index (χ0v) is 39.6. The van der Waals surface area contributed by atoms with Crippen LogP contribution in [0.15, 0.2) is 231 Å². The summed E-state index contributed by atoms with van der Waals surface area (Å²) in [5.74, 6) is -0.118. The lowest BCUT2D eigenvalue weighted by Crippen LogP contribution is -2.06. The Morgan fingerprint density at radius 1 is 0.347 bits per heavy atom. The summed E-state index contributed by atoms with van der Waals surface area (Å²) in [6.45, 7) is 0. The largest absolute Gasteiger partial charge is 0.278 e. The molecule has 3 nitrogen and oxygen atoms in total. The second-order valence-corrected chi connectivity index (χ2v) is 19.6. The van der Waals surface area contributed by atoms with Crippen molar-refractivity contribution in [3.05, 3.63) is 236 Å². The molecule has 3 aliphatic rings. The van der Waals surface area contributed by atoms with E-state index in [2.05, 4.69) is 229 Å². The Kier molecular flexibility index (Phi) is 9.05. The maximum Gasteiger partial charge on any atom is 0.235 e. The van der Waals surface area contributed by atoms with E-state index < -0.39 is 5.89 Å². The highest BCUT2D eigenvalue weighted by atomic mass is 15.2. The van der Waals surface area contributed by atoms with Gasteiger partial charge in [0.05, 0.1) is 16.7 Å². The molecule has 3 aliphatic carbocycles. The minimum atomic E-state index is -0.760.